The van der Waals surface area contributed by atoms with Crippen LogP contribution in [0.1, 0.15) is 35.1 Å². The van der Waals surface area contributed by atoms with Crippen LogP contribution in [0.3, 0.4) is 0 Å². The van der Waals surface area contributed by atoms with Crippen LogP contribution in [0.5, 0.6) is 5.75 Å². The lowest BCUT2D eigenvalue weighted by Gasteiger charge is -2.16. The second kappa shape index (κ2) is 9.21. The fourth-order valence-corrected chi connectivity index (χ4v) is 3.11. The van der Waals surface area contributed by atoms with Crippen LogP contribution in [-0.4, -0.2) is 6.54 Å². The van der Waals surface area contributed by atoms with Gasteiger partial charge in [0.2, 0.25) is 0 Å². The van der Waals surface area contributed by atoms with Crippen molar-refractivity contribution in [2.24, 2.45) is 5.73 Å². The van der Waals surface area contributed by atoms with Gasteiger partial charge in [0, 0.05) is 5.92 Å². The Balaban J connectivity index is 1.60. The van der Waals surface area contributed by atoms with Crippen molar-refractivity contribution in [2.45, 2.75) is 32.3 Å². The molecule has 0 fully saturated rings. The van der Waals surface area contributed by atoms with E-state index in [-0.39, 0.29) is 0 Å². The Morgan fingerprint density at radius 1 is 0.769 bits per heavy atom. The van der Waals surface area contributed by atoms with Crippen LogP contribution >= 0.6 is 0 Å². The van der Waals surface area contributed by atoms with E-state index in [0.717, 1.165) is 18.6 Å². The summed E-state index contributed by atoms with van der Waals surface area (Å²) in [7, 11) is 0. The average Bonchev–Trinajstić information content (AvgIpc) is 2.72. The summed E-state index contributed by atoms with van der Waals surface area (Å²) in [5.41, 5.74) is 11.2. The molecule has 0 heterocycles. The number of rotatable bonds is 8. The highest BCUT2D eigenvalue weighted by Crippen LogP contribution is 2.22. The minimum atomic E-state index is 0.344. The lowest BCUT2D eigenvalue weighted by molar-refractivity contribution is 0.306. The Kier molecular flexibility index (Phi) is 6.45. The molecule has 0 aliphatic rings. The van der Waals surface area contributed by atoms with Crippen molar-refractivity contribution in [1.82, 2.24) is 0 Å². The molecule has 134 valence electrons. The van der Waals surface area contributed by atoms with E-state index in [1.807, 2.05) is 30.3 Å². The van der Waals surface area contributed by atoms with Gasteiger partial charge in [0.15, 0.2) is 0 Å². The molecule has 1 unspecified atom stereocenters. The third-order valence-electron chi connectivity index (χ3n) is 4.80. The lowest BCUT2D eigenvalue weighted by Crippen LogP contribution is -2.15. The molecule has 0 spiro atoms. The molecule has 3 rings (SSSR count). The molecule has 0 aliphatic heterocycles. The van der Waals surface area contributed by atoms with Gasteiger partial charge in [-0.05, 0) is 53.8 Å². The first kappa shape index (κ1) is 18.2. The lowest BCUT2D eigenvalue weighted by atomic mass is 9.91. The molecular formula is C24H27NO. The van der Waals surface area contributed by atoms with Crippen LogP contribution in [0.2, 0.25) is 0 Å². The largest absolute Gasteiger partial charge is 0.489 e. The Morgan fingerprint density at radius 3 is 2.04 bits per heavy atom. The van der Waals surface area contributed by atoms with Crippen molar-refractivity contribution >= 4 is 0 Å². The molecule has 26 heavy (non-hydrogen) atoms. The SMILES string of the molecule is CCc1ccc(C(CN)Cc2ccc(OCc3ccccc3)cc2)cc1. The van der Waals surface area contributed by atoms with Gasteiger partial charge in [0.1, 0.15) is 12.4 Å². The van der Waals surface area contributed by atoms with E-state index in [4.69, 9.17) is 10.5 Å². The second-order valence-electron chi connectivity index (χ2n) is 6.65. The zero-order valence-corrected chi connectivity index (χ0v) is 15.4. The van der Waals surface area contributed by atoms with Gasteiger partial charge in [-0.3, -0.25) is 0 Å². The number of hydrogen-bond acceptors (Lipinski definition) is 2. The normalized spacial score (nSPS) is 11.9. The van der Waals surface area contributed by atoms with Crippen LogP contribution in [0.15, 0.2) is 78.9 Å². The molecule has 1 atom stereocenters. The molecule has 0 amide bonds. The minimum absolute atomic E-state index is 0.344. The molecule has 0 aliphatic carbocycles. The van der Waals surface area contributed by atoms with Gasteiger partial charge in [-0.1, -0.05) is 73.7 Å². The van der Waals surface area contributed by atoms with E-state index in [0.29, 0.717) is 19.1 Å². The van der Waals surface area contributed by atoms with Crippen molar-refractivity contribution < 1.29 is 4.74 Å². The van der Waals surface area contributed by atoms with Gasteiger partial charge in [0.25, 0.3) is 0 Å². The average molecular weight is 345 g/mol. The van der Waals surface area contributed by atoms with Crippen LogP contribution in [-0.2, 0) is 19.4 Å². The zero-order valence-electron chi connectivity index (χ0n) is 15.4. The molecule has 0 aromatic heterocycles. The molecule has 2 N–H and O–H groups in total. The van der Waals surface area contributed by atoms with E-state index in [9.17, 15) is 0 Å². The first-order valence-electron chi connectivity index (χ1n) is 9.33. The predicted molar refractivity (Wildman–Crippen MR) is 109 cm³/mol. The van der Waals surface area contributed by atoms with Crippen molar-refractivity contribution in [3.05, 3.63) is 101 Å². The molecule has 0 radical (unpaired) electrons. The molecule has 0 saturated carbocycles. The minimum Gasteiger partial charge on any atom is -0.489 e. The van der Waals surface area contributed by atoms with E-state index >= 15 is 0 Å². The van der Waals surface area contributed by atoms with Crippen LogP contribution in [0.4, 0.5) is 0 Å². The van der Waals surface area contributed by atoms with Crippen molar-refractivity contribution in [1.29, 1.82) is 0 Å². The maximum Gasteiger partial charge on any atom is 0.119 e. The fourth-order valence-electron chi connectivity index (χ4n) is 3.11. The molecule has 2 heteroatoms. The number of ether oxygens (including phenoxy) is 1. The van der Waals surface area contributed by atoms with Gasteiger partial charge in [-0.25, -0.2) is 0 Å². The maximum atomic E-state index is 6.04. The molecule has 0 saturated heterocycles. The first-order valence-corrected chi connectivity index (χ1v) is 9.33. The van der Waals surface area contributed by atoms with Crippen molar-refractivity contribution in [3.8, 4) is 5.75 Å². The molecule has 2 nitrogen and oxygen atoms in total. The first-order chi connectivity index (χ1) is 12.8. The van der Waals surface area contributed by atoms with Gasteiger partial charge >= 0.3 is 0 Å². The third-order valence-corrected chi connectivity index (χ3v) is 4.80. The monoisotopic (exact) mass is 345 g/mol. The fraction of sp³-hybridized carbons (Fsp3) is 0.250. The maximum absolute atomic E-state index is 6.04. The Morgan fingerprint density at radius 2 is 1.42 bits per heavy atom. The summed E-state index contributed by atoms with van der Waals surface area (Å²) in [5, 5.41) is 0. The van der Waals surface area contributed by atoms with Gasteiger partial charge in [0.05, 0.1) is 0 Å². The molecule has 3 aromatic rings. The topological polar surface area (TPSA) is 35.2 Å². The van der Waals surface area contributed by atoms with Crippen molar-refractivity contribution in [3.63, 3.8) is 0 Å². The van der Waals surface area contributed by atoms with Gasteiger partial charge in [-0.2, -0.15) is 0 Å². The van der Waals surface area contributed by atoms with Crippen LogP contribution in [0.25, 0.3) is 0 Å². The summed E-state index contributed by atoms with van der Waals surface area (Å²) in [6, 6.07) is 27.4. The molecule has 3 aromatic carbocycles. The molecule has 0 bridgehead atoms. The quantitative estimate of drug-likeness (QED) is 0.615. The van der Waals surface area contributed by atoms with Gasteiger partial charge in [-0.15, -0.1) is 0 Å². The standard InChI is InChI=1S/C24H27NO/c1-2-19-8-12-22(13-9-19)23(17-25)16-20-10-14-24(15-11-20)26-18-21-6-4-3-5-7-21/h3-15,23H,2,16-18,25H2,1H3. The smallest absolute Gasteiger partial charge is 0.119 e. The van der Waals surface area contributed by atoms with E-state index in [1.165, 1.54) is 22.3 Å². The van der Waals surface area contributed by atoms with Crippen molar-refractivity contribution in [2.75, 3.05) is 6.54 Å². The summed E-state index contributed by atoms with van der Waals surface area (Å²) >= 11 is 0. The van der Waals surface area contributed by atoms with E-state index in [1.54, 1.807) is 0 Å². The summed E-state index contributed by atoms with van der Waals surface area (Å²) < 4.78 is 5.86. The van der Waals surface area contributed by atoms with Crippen LogP contribution in [0, 0.1) is 0 Å². The summed E-state index contributed by atoms with van der Waals surface area (Å²) in [6.45, 7) is 3.42. The molecular weight excluding hydrogens is 318 g/mol. The second-order valence-corrected chi connectivity index (χ2v) is 6.65. The highest BCUT2D eigenvalue weighted by molar-refractivity contribution is 5.31. The summed E-state index contributed by atoms with van der Waals surface area (Å²) in [6.07, 6.45) is 2.01. The number of nitrogens with two attached hydrogens (primary N) is 1. The van der Waals surface area contributed by atoms with E-state index in [2.05, 4.69) is 55.5 Å². The Bertz CT molecular complexity index is 779. The van der Waals surface area contributed by atoms with Gasteiger partial charge < -0.3 is 10.5 Å². The Labute approximate surface area is 156 Å². The van der Waals surface area contributed by atoms with Crippen LogP contribution < -0.4 is 10.5 Å². The summed E-state index contributed by atoms with van der Waals surface area (Å²) in [4.78, 5) is 0. The number of aryl methyl sites for hydroxylation is 1. The highest BCUT2D eigenvalue weighted by atomic mass is 16.5. The number of benzene rings is 3. The third kappa shape index (κ3) is 4.96. The summed E-state index contributed by atoms with van der Waals surface area (Å²) in [5.74, 6) is 1.24. The highest BCUT2D eigenvalue weighted by Gasteiger charge is 2.11. The number of hydrogen-bond donors (Lipinski definition) is 1. The van der Waals surface area contributed by atoms with E-state index < -0.39 is 0 Å². The predicted octanol–water partition coefficient (Wildman–Crippen LogP) is 5.11. The Hall–Kier alpha value is -2.58. The zero-order chi connectivity index (χ0) is 18.2.